The minimum absolute atomic E-state index is 0.252. The van der Waals surface area contributed by atoms with Crippen molar-refractivity contribution in [2.75, 3.05) is 33.2 Å². The lowest BCUT2D eigenvalue weighted by atomic mass is 10.0. The summed E-state index contributed by atoms with van der Waals surface area (Å²) in [4.78, 5) is 16.9. The van der Waals surface area contributed by atoms with E-state index in [1.807, 2.05) is 23.1 Å². The van der Waals surface area contributed by atoms with Crippen molar-refractivity contribution in [2.24, 2.45) is 0 Å². The van der Waals surface area contributed by atoms with E-state index in [9.17, 15) is 4.79 Å². The molecular weight excluding hydrogens is 260 g/mol. The van der Waals surface area contributed by atoms with Gasteiger partial charge in [-0.25, -0.2) is 0 Å². The number of fused-ring (bicyclic) bond motifs is 1. The Balaban J connectivity index is 1.77. The number of hydrogen-bond acceptors (Lipinski definition) is 2. The molecule has 1 amide bonds. The molecule has 0 aromatic heterocycles. The minimum atomic E-state index is 0.252. The van der Waals surface area contributed by atoms with Crippen molar-refractivity contribution in [2.45, 2.75) is 12.8 Å². The van der Waals surface area contributed by atoms with Crippen LogP contribution in [0.4, 0.5) is 0 Å². The van der Waals surface area contributed by atoms with Gasteiger partial charge >= 0.3 is 0 Å². The average molecular weight is 282 g/mol. The maximum Gasteiger partial charge on any atom is 0.227 e. The number of hydrogen-bond donors (Lipinski definition) is 0. The van der Waals surface area contributed by atoms with Crippen LogP contribution in [0.25, 0.3) is 10.8 Å². The van der Waals surface area contributed by atoms with Crippen LogP contribution in [-0.2, 0) is 11.2 Å². The Morgan fingerprint density at radius 1 is 1.00 bits per heavy atom. The highest BCUT2D eigenvalue weighted by Crippen LogP contribution is 2.19. The summed E-state index contributed by atoms with van der Waals surface area (Å²) in [6, 6.07) is 14.5. The molecule has 21 heavy (non-hydrogen) atoms. The highest BCUT2D eigenvalue weighted by Gasteiger charge is 2.18. The molecule has 0 atom stereocenters. The van der Waals surface area contributed by atoms with E-state index in [2.05, 4.69) is 36.2 Å². The molecule has 1 heterocycles. The van der Waals surface area contributed by atoms with Gasteiger partial charge in [-0.1, -0.05) is 42.5 Å². The molecule has 3 rings (SSSR count). The van der Waals surface area contributed by atoms with E-state index in [4.69, 9.17) is 0 Å². The summed E-state index contributed by atoms with van der Waals surface area (Å²) in [6.45, 7) is 3.79. The predicted octanol–water partition coefficient (Wildman–Crippen LogP) is 2.55. The van der Waals surface area contributed by atoms with Crippen LogP contribution in [0.5, 0.6) is 0 Å². The third-order valence-corrected chi connectivity index (χ3v) is 4.29. The Kier molecular flexibility index (Phi) is 4.20. The maximum atomic E-state index is 12.6. The minimum Gasteiger partial charge on any atom is -0.341 e. The van der Waals surface area contributed by atoms with Crippen LogP contribution < -0.4 is 0 Å². The molecule has 1 fully saturated rings. The Morgan fingerprint density at radius 3 is 2.71 bits per heavy atom. The first-order valence-electron chi connectivity index (χ1n) is 7.67. The van der Waals surface area contributed by atoms with Crippen LogP contribution >= 0.6 is 0 Å². The van der Waals surface area contributed by atoms with Gasteiger partial charge in [0.05, 0.1) is 6.42 Å². The molecule has 0 saturated carbocycles. The molecule has 2 aromatic rings. The van der Waals surface area contributed by atoms with Gasteiger partial charge in [-0.3, -0.25) is 4.79 Å². The Labute approximate surface area is 126 Å². The lowest BCUT2D eigenvalue weighted by molar-refractivity contribution is -0.130. The van der Waals surface area contributed by atoms with Crippen LogP contribution in [0.1, 0.15) is 12.0 Å². The maximum absolute atomic E-state index is 12.6. The number of likely N-dealkylation sites (N-methyl/N-ethyl adjacent to an activating group) is 1. The lowest BCUT2D eigenvalue weighted by Gasteiger charge is -2.21. The van der Waals surface area contributed by atoms with Crippen molar-refractivity contribution in [3.05, 3.63) is 48.0 Å². The standard InChI is InChI=1S/C18H22N2O/c1-19-10-5-11-20(13-12-19)18(21)14-16-8-4-7-15-6-2-3-9-17(15)16/h2-4,6-9H,5,10-14H2,1H3. The SMILES string of the molecule is CN1CCCN(C(=O)Cc2cccc3ccccc23)CC1. The Bertz CT molecular complexity index is 633. The summed E-state index contributed by atoms with van der Waals surface area (Å²) in [7, 11) is 2.12. The summed E-state index contributed by atoms with van der Waals surface area (Å²) in [6.07, 6.45) is 1.57. The van der Waals surface area contributed by atoms with Crippen molar-refractivity contribution in [3.63, 3.8) is 0 Å². The summed E-state index contributed by atoms with van der Waals surface area (Å²) >= 11 is 0. The van der Waals surface area contributed by atoms with Crippen LogP contribution in [0.3, 0.4) is 0 Å². The third-order valence-electron chi connectivity index (χ3n) is 4.29. The molecule has 3 heteroatoms. The van der Waals surface area contributed by atoms with Gasteiger partial charge in [-0.15, -0.1) is 0 Å². The molecule has 110 valence electrons. The molecule has 1 aliphatic heterocycles. The second-order valence-electron chi connectivity index (χ2n) is 5.85. The highest BCUT2D eigenvalue weighted by molar-refractivity contribution is 5.90. The smallest absolute Gasteiger partial charge is 0.227 e. The van der Waals surface area contributed by atoms with Gasteiger partial charge in [0.15, 0.2) is 0 Å². The first kappa shape index (κ1) is 14.1. The fraction of sp³-hybridized carbons (Fsp3) is 0.389. The van der Waals surface area contributed by atoms with Crippen LogP contribution in [0, 0.1) is 0 Å². The molecule has 0 bridgehead atoms. The van der Waals surface area contributed by atoms with Crippen molar-refractivity contribution >= 4 is 16.7 Å². The van der Waals surface area contributed by atoms with Gasteiger partial charge in [0.2, 0.25) is 5.91 Å². The largest absolute Gasteiger partial charge is 0.341 e. The van der Waals surface area contributed by atoms with E-state index in [1.165, 1.54) is 10.8 Å². The number of amides is 1. The molecule has 1 aliphatic rings. The molecule has 0 aliphatic carbocycles. The molecular formula is C18H22N2O. The molecule has 1 saturated heterocycles. The van der Waals surface area contributed by atoms with Crippen molar-refractivity contribution in [1.29, 1.82) is 0 Å². The zero-order valence-electron chi connectivity index (χ0n) is 12.6. The lowest BCUT2D eigenvalue weighted by Crippen LogP contribution is -2.35. The second-order valence-corrected chi connectivity index (χ2v) is 5.85. The fourth-order valence-electron chi connectivity index (χ4n) is 3.02. The van der Waals surface area contributed by atoms with Gasteiger partial charge in [0.1, 0.15) is 0 Å². The summed E-state index contributed by atoms with van der Waals surface area (Å²) in [5.74, 6) is 0.252. The van der Waals surface area contributed by atoms with E-state index in [1.54, 1.807) is 0 Å². The number of carbonyl (C=O) groups excluding carboxylic acids is 1. The van der Waals surface area contributed by atoms with Gasteiger partial charge in [-0.2, -0.15) is 0 Å². The first-order valence-corrected chi connectivity index (χ1v) is 7.67. The second kappa shape index (κ2) is 6.27. The van der Waals surface area contributed by atoms with E-state index in [0.717, 1.165) is 38.2 Å². The summed E-state index contributed by atoms with van der Waals surface area (Å²) in [5, 5.41) is 2.40. The van der Waals surface area contributed by atoms with E-state index in [-0.39, 0.29) is 5.91 Å². The topological polar surface area (TPSA) is 23.6 Å². The molecule has 0 N–H and O–H groups in total. The monoisotopic (exact) mass is 282 g/mol. The van der Waals surface area contributed by atoms with Gasteiger partial charge in [-0.05, 0) is 36.3 Å². The summed E-state index contributed by atoms with van der Waals surface area (Å²) < 4.78 is 0. The zero-order valence-corrected chi connectivity index (χ0v) is 12.6. The quantitative estimate of drug-likeness (QED) is 0.845. The third kappa shape index (κ3) is 3.24. The number of rotatable bonds is 2. The highest BCUT2D eigenvalue weighted by atomic mass is 16.2. The normalized spacial score (nSPS) is 16.9. The Hall–Kier alpha value is -1.87. The number of nitrogens with zero attached hydrogens (tertiary/aromatic N) is 2. The number of carbonyl (C=O) groups is 1. The van der Waals surface area contributed by atoms with E-state index < -0.39 is 0 Å². The van der Waals surface area contributed by atoms with Crippen LogP contribution in [0.15, 0.2) is 42.5 Å². The molecule has 0 spiro atoms. The van der Waals surface area contributed by atoms with Crippen molar-refractivity contribution < 1.29 is 4.79 Å². The molecule has 3 nitrogen and oxygen atoms in total. The van der Waals surface area contributed by atoms with Gasteiger partial charge in [0.25, 0.3) is 0 Å². The zero-order chi connectivity index (χ0) is 14.7. The predicted molar refractivity (Wildman–Crippen MR) is 86.3 cm³/mol. The molecule has 0 radical (unpaired) electrons. The Morgan fingerprint density at radius 2 is 1.81 bits per heavy atom. The molecule has 2 aromatic carbocycles. The van der Waals surface area contributed by atoms with Crippen LogP contribution in [0.2, 0.25) is 0 Å². The van der Waals surface area contributed by atoms with Crippen LogP contribution in [-0.4, -0.2) is 48.9 Å². The van der Waals surface area contributed by atoms with Gasteiger partial charge in [0, 0.05) is 19.6 Å². The summed E-state index contributed by atoms with van der Waals surface area (Å²) in [5.41, 5.74) is 1.13. The van der Waals surface area contributed by atoms with Gasteiger partial charge < -0.3 is 9.80 Å². The van der Waals surface area contributed by atoms with E-state index >= 15 is 0 Å². The van der Waals surface area contributed by atoms with Crippen molar-refractivity contribution in [1.82, 2.24) is 9.80 Å². The van der Waals surface area contributed by atoms with Crippen molar-refractivity contribution in [3.8, 4) is 0 Å². The molecule has 0 unspecified atom stereocenters. The fourth-order valence-corrected chi connectivity index (χ4v) is 3.02. The first-order chi connectivity index (χ1) is 10.2. The van der Waals surface area contributed by atoms with E-state index in [0.29, 0.717) is 6.42 Å². The average Bonchev–Trinajstić information content (AvgIpc) is 2.72. The number of benzene rings is 2.